The van der Waals surface area contributed by atoms with Gasteiger partial charge in [0.25, 0.3) is 21.6 Å². The van der Waals surface area contributed by atoms with Crippen molar-refractivity contribution >= 4 is 50.6 Å². The molecule has 0 aromatic heterocycles. The van der Waals surface area contributed by atoms with Gasteiger partial charge in [-0.15, -0.1) is 0 Å². The number of non-ortho nitro benzene ring substituents is 1. The number of rotatable bonds is 12. The second-order valence-corrected chi connectivity index (χ2v) is 11.3. The molecule has 4 aromatic rings. The lowest BCUT2D eigenvalue weighted by molar-refractivity contribution is -0.384. The molecule has 0 aliphatic rings. The molecule has 14 heteroatoms. The Balaban J connectivity index is 1.55. The molecule has 1 N–H and O–H groups in total. The van der Waals surface area contributed by atoms with Crippen molar-refractivity contribution < 1.29 is 37.1 Å². The molecule has 228 valence electrons. The third-order valence-electron chi connectivity index (χ3n) is 6.27. The number of ether oxygens (including phenoxy) is 3. The van der Waals surface area contributed by atoms with Crippen LogP contribution >= 0.6 is 11.6 Å². The van der Waals surface area contributed by atoms with E-state index < -0.39 is 33.4 Å². The summed E-state index contributed by atoms with van der Waals surface area (Å²) in [6, 6.07) is 22.5. The maximum atomic E-state index is 14.0. The van der Waals surface area contributed by atoms with E-state index >= 15 is 0 Å². The van der Waals surface area contributed by atoms with E-state index in [-0.39, 0.29) is 39.2 Å². The molecule has 4 rings (SSSR count). The lowest BCUT2D eigenvalue weighted by Gasteiger charge is -2.25. The molecule has 0 heterocycles. The number of esters is 1. The average molecular weight is 640 g/mol. The number of sulfonamides is 1. The van der Waals surface area contributed by atoms with Gasteiger partial charge in [0.15, 0.2) is 6.61 Å². The first-order chi connectivity index (χ1) is 21.0. The Morgan fingerprint density at radius 3 is 2.27 bits per heavy atom. The van der Waals surface area contributed by atoms with E-state index in [1.807, 2.05) is 6.07 Å². The number of halogens is 1. The van der Waals surface area contributed by atoms with Gasteiger partial charge >= 0.3 is 5.97 Å². The van der Waals surface area contributed by atoms with E-state index in [1.165, 1.54) is 38.5 Å². The first-order valence-electron chi connectivity index (χ1n) is 12.8. The average Bonchev–Trinajstić information content (AvgIpc) is 3.03. The topological polar surface area (TPSA) is 154 Å². The van der Waals surface area contributed by atoms with Gasteiger partial charge in [0, 0.05) is 6.07 Å². The van der Waals surface area contributed by atoms with E-state index in [0.29, 0.717) is 17.0 Å². The van der Waals surface area contributed by atoms with Gasteiger partial charge in [-0.3, -0.25) is 19.2 Å². The highest BCUT2D eigenvalue weighted by Gasteiger charge is 2.29. The molecule has 4 aromatic carbocycles. The zero-order chi connectivity index (χ0) is 31.9. The van der Waals surface area contributed by atoms with Crippen LogP contribution in [0.2, 0.25) is 5.02 Å². The van der Waals surface area contributed by atoms with Crippen LogP contribution in [0.15, 0.2) is 95.9 Å². The molecule has 12 nitrogen and oxygen atoms in total. The second kappa shape index (κ2) is 13.9. The quantitative estimate of drug-likeness (QED) is 0.121. The number of amides is 1. The Labute approximate surface area is 257 Å². The number of carbonyl (C=O) groups excluding carboxylic acids is 2. The molecule has 0 radical (unpaired) electrons. The molecule has 1 amide bonds. The monoisotopic (exact) mass is 639 g/mol. The van der Waals surface area contributed by atoms with Crippen molar-refractivity contribution in [2.45, 2.75) is 11.4 Å². The first kappa shape index (κ1) is 31.8. The van der Waals surface area contributed by atoms with Crippen molar-refractivity contribution in [3.05, 3.63) is 117 Å². The largest absolute Gasteiger partial charge is 0.497 e. The van der Waals surface area contributed by atoms with Crippen LogP contribution in [-0.2, 0) is 26.1 Å². The molecule has 44 heavy (non-hydrogen) atoms. The highest BCUT2D eigenvalue weighted by Crippen LogP contribution is 2.32. The molecular formula is C30H26ClN3O9S. The first-order valence-corrected chi connectivity index (χ1v) is 14.6. The van der Waals surface area contributed by atoms with E-state index in [4.69, 9.17) is 25.8 Å². The van der Waals surface area contributed by atoms with Gasteiger partial charge in [-0.1, -0.05) is 41.9 Å². The Hall–Kier alpha value is -5.14. The van der Waals surface area contributed by atoms with Crippen molar-refractivity contribution in [1.82, 2.24) is 0 Å². The summed E-state index contributed by atoms with van der Waals surface area (Å²) in [4.78, 5) is 35.4. The van der Waals surface area contributed by atoms with Gasteiger partial charge in [0.2, 0.25) is 0 Å². The number of benzene rings is 4. The molecule has 0 fully saturated rings. The number of carbonyl (C=O) groups is 2. The standard InChI is InChI=1S/C30H26ClN3O9S/c1-41-24-12-9-22(10-13-24)33(18-20-6-4-3-5-7-20)44(39,40)28-16-21(8-14-25(28)31)30(36)43-19-29(35)32-26-15-11-23(34(37)38)17-27(26)42-2/h3-17H,18-19H2,1-2H3,(H,32,35). The number of nitrogens with zero attached hydrogens (tertiary/aromatic N) is 2. The van der Waals surface area contributed by atoms with Crippen LogP contribution in [0.5, 0.6) is 11.5 Å². The Kier molecular flexibility index (Phi) is 10.0. The number of nitro benzene ring substituents is 1. The van der Waals surface area contributed by atoms with Crippen LogP contribution in [0.1, 0.15) is 15.9 Å². The van der Waals surface area contributed by atoms with Crippen molar-refractivity contribution in [2.75, 3.05) is 30.4 Å². The number of hydrogen-bond acceptors (Lipinski definition) is 9. The molecule has 0 aliphatic heterocycles. The van der Waals surface area contributed by atoms with Crippen LogP contribution in [0.3, 0.4) is 0 Å². The summed E-state index contributed by atoms with van der Waals surface area (Å²) in [6.45, 7) is -0.775. The summed E-state index contributed by atoms with van der Waals surface area (Å²) in [5.74, 6) is -1.18. The van der Waals surface area contributed by atoms with Gasteiger partial charge in [-0.05, 0) is 54.1 Å². The van der Waals surface area contributed by atoms with Crippen molar-refractivity contribution in [3.63, 3.8) is 0 Å². The van der Waals surface area contributed by atoms with E-state index in [1.54, 1.807) is 48.5 Å². The van der Waals surface area contributed by atoms with Crippen molar-refractivity contribution in [3.8, 4) is 11.5 Å². The summed E-state index contributed by atoms with van der Waals surface area (Å²) in [5.41, 5.74) is 0.750. The van der Waals surface area contributed by atoms with E-state index in [0.717, 1.165) is 16.4 Å². The normalized spacial score (nSPS) is 10.9. The summed E-state index contributed by atoms with van der Waals surface area (Å²) >= 11 is 6.35. The summed E-state index contributed by atoms with van der Waals surface area (Å²) in [5, 5.41) is 13.3. The maximum absolute atomic E-state index is 14.0. The number of anilines is 2. The highest BCUT2D eigenvalue weighted by molar-refractivity contribution is 7.93. The van der Waals surface area contributed by atoms with Crippen LogP contribution in [0.25, 0.3) is 0 Å². The fourth-order valence-electron chi connectivity index (χ4n) is 4.06. The minimum absolute atomic E-state index is 0.0309. The minimum Gasteiger partial charge on any atom is -0.497 e. The molecule has 0 atom stereocenters. The van der Waals surface area contributed by atoms with Crippen LogP contribution in [0, 0.1) is 10.1 Å². The Morgan fingerprint density at radius 2 is 1.64 bits per heavy atom. The smallest absolute Gasteiger partial charge is 0.338 e. The van der Waals surface area contributed by atoms with E-state index in [9.17, 15) is 28.1 Å². The minimum atomic E-state index is -4.34. The lowest BCUT2D eigenvalue weighted by Crippen LogP contribution is -2.31. The van der Waals surface area contributed by atoms with Gasteiger partial charge in [-0.2, -0.15) is 0 Å². The van der Waals surface area contributed by atoms with Gasteiger partial charge < -0.3 is 19.5 Å². The molecular weight excluding hydrogens is 614 g/mol. The fraction of sp³-hybridized carbons (Fsp3) is 0.133. The highest BCUT2D eigenvalue weighted by atomic mass is 35.5. The number of nitrogens with one attached hydrogen (secondary N) is 1. The molecule has 0 unspecified atom stereocenters. The molecule has 0 spiro atoms. The van der Waals surface area contributed by atoms with Gasteiger partial charge in [0.1, 0.15) is 16.4 Å². The zero-order valence-electron chi connectivity index (χ0n) is 23.4. The molecule has 0 bridgehead atoms. The number of nitro groups is 1. The molecule has 0 saturated heterocycles. The lowest BCUT2D eigenvalue weighted by atomic mass is 10.2. The van der Waals surface area contributed by atoms with Crippen LogP contribution in [-0.4, -0.2) is 46.0 Å². The van der Waals surface area contributed by atoms with Gasteiger partial charge in [-0.25, -0.2) is 13.2 Å². The summed E-state index contributed by atoms with van der Waals surface area (Å²) < 4.78 is 44.6. The predicted molar refractivity (Wildman–Crippen MR) is 163 cm³/mol. The number of hydrogen-bond donors (Lipinski definition) is 1. The SMILES string of the molecule is COc1ccc(N(Cc2ccccc2)S(=O)(=O)c2cc(C(=O)OCC(=O)Nc3ccc([N+](=O)[O-])cc3OC)ccc2Cl)cc1. The van der Waals surface area contributed by atoms with E-state index in [2.05, 4.69) is 5.32 Å². The molecule has 0 aliphatic carbocycles. The van der Waals surface area contributed by atoms with Crippen molar-refractivity contribution in [1.29, 1.82) is 0 Å². The maximum Gasteiger partial charge on any atom is 0.338 e. The van der Waals surface area contributed by atoms with Gasteiger partial charge in [0.05, 0.1) is 53.7 Å². The fourth-order valence-corrected chi connectivity index (χ4v) is 6.01. The van der Waals surface area contributed by atoms with Crippen LogP contribution in [0.4, 0.5) is 17.1 Å². The van der Waals surface area contributed by atoms with Crippen molar-refractivity contribution in [2.24, 2.45) is 0 Å². The molecule has 0 saturated carbocycles. The van der Waals surface area contributed by atoms with Crippen LogP contribution < -0.4 is 19.1 Å². The summed E-state index contributed by atoms with van der Waals surface area (Å²) in [7, 11) is -1.57. The Morgan fingerprint density at radius 1 is 0.932 bits per heavy atom. The number of methoxy groups -OCH3 is 2. The summed E-state index contributed by atoms with van der Waals surface area (Å²) in [6.07, 6.45) is 0. The zero-order valence-corrected chi connectivity index (χ0v) is 25.0. The third kappa shape index (κ3) is 7.43. The third-order valence-corrected chi connectivity index (χ3v) is 8.52. The second-order valence-electron chi connectivity index (χ2n) is 9.11. The predicted octanol–water partition coefficient (Wildman–Crippen LogP) is 5.46. The Bertz CT molecular complexity index is 1780.